The molecule has 0 spiro atoms. The summed E-state index contributed by atoms with van der Waals surface area (Å²) in [5.74, 6) is 4.30. The van der Waals surface area contributed by atoms with Crippen LogP contribution in [0.4, 0.5) is 0 Å². The number of aromatic nitrogens is 3. The number of halogens is 1. The van der Waals surface area contributed by atoms with Crippen LogP contribution >= 0.6 is 11.6 Å². The van der Waals surface area contributed by atoms with E-state index in [0.717, 1.165) is 52.5 Å². The molecule has 0 amide bonds. The molecule has 7 nitrogen and oxygen atoms in total. The second-order valence-corrected chi connectivity index (χ2v) is 11.1. The monoisotopic (exact) mass is 645 g/mol. The number of aryl methyl sites for hydroxylation is 1. The zero-order chi connectivity index (χ0) is 32.8. The zero-order valence-electron chi connectivity index (χ0n) is 26.1. The predicted molar refractivity (Wildman–Crippen MR) is 186 cm³/mol. The Hall–Kier alpha value is -5.40. The van der Waals surface area contributed by atoms with Gasteiger partial charge in [0.05, 0.1) is 0 Å². The highest BCUT2D eigenvalue weighted by Crippen LogP contribution is 2.28. The van der Waals surface area contributed by atoms with Gasteiger partial charge < -0.3 is 19.7 Å². The van der Waals surface area contributed by atoms with Crippen molar-refractivity contribution in [3.63, 3.8) is 0 Å². The van der Waals surface area contributed by atoms with Crippen molar-refractivity contribution in [2.24, 2.45) is 0 Å². The minimum absolute atomic E-state index is 0.125. The minimum Gasteiger partial charge on any atom is -0.508 e. The number of unbranched alkanes of at least 4 members (excludes halogenated alkanes) is 3. The molecule has 238 valence electrons. The summed E-state index contributed by atoms with van der Waals surface area (Å²) in [5, 5.41) is 18.7. The largest absolute Gasteiger partial charge is 0.508 e. The van der Waals surface area contributed by atoms with Crippen molar-refractivity contribution in [1.29, 1.82) is 0 Å². The van der Waals surface area contributed by atoms with Crippen molar-refractivity contribution < 1.29 is 19.7 Å². The number of ether oxygens (including phenoxy) is 2. The molecule has 6 aromatic rings. The Morgan fingerprint density at radius 3 is 1.51 bits per heavy atom. The third-order valence-corrected chi connectivity index (χ3v) is 7.33. The van der Waals surface area contributed by atoms with E-state index in [1.165, 1.54) is 25.3 Å². The van der Waals surface area contributed by atoms with E-state index >= 15 is 0 Å². The smallest absolute Gasteiger partial charge is 0.226 e. The van der Waals surface area contributed by atoms with E-state index in [0.29, 0.717) is 11.6 Å². The van der Waals surface area contributed by atoms with Crippen LogP contribution in [-0.4, -0.2) is 25.2 Å². The van der Waals surface area contributed by atoms with Gasteiger partial charge in [0.15, 0.2) is 11.6 Å². The lowest BCUT2D eigenvalue weighted by Gasteiger charge is -2.08. The fourth-order valence-corrected chi connectivity index (χ4v) is 4.87. The molecule has 0 aliphatic heterocycles. The molecule has 0 bridgehead atoms. The maximum Gasteiger partial charge on any atom is 0.226 e. The Labute approximate surface area is 280 Å². The van der Waals surface area contributed by atoms with Gasteiger partial charge in [0.2, 0.25) is 5.28 Å². The highest BCUT2D eigenvalue weighted by atomic mass is 35.5. The van der Waals surface area contributed by atoms with E-state index in [1.807, 2.05) is 109 Å². The van der Waals surface area contributed by atoms with Crippen molar-refractivity contribution >= 4 is 11.6 Å². The Balaban J connectivity index is 0.000000261. The summed E-state index contributed by atoms with van der Waals surface area (Å²) in [6.45, 7) is 2.18. The van der Waals surface area contributed by atoms with Crippen LogP contribution in [0.1, 0.15) is 38.2 Å². The molecule has 0 saturated carbocycles. The van der Waals surface area contributed by atoms with Crippen LogP contribution in [0.15, 0.2) is 127 Å². The molecule has 0 aliphatic rings. The third-order valence-electron chi connectivity index (χ3n) is 7.16. The Bertz CT molecular complexity index is 1730. The number of phenols is 2. The van der Waals surface area contributed by atoms with E-state index in [2.05, 4.69) is 21.9 Å². The summed E-state index contributed by atoms with van der Waals surface area (Å²) in [5.41, 5.74) is 2.55. The minimum atomic E-state index is 0.125. The first-order valence-corrected chi connectivity index (χ1v) is 15.9. The van der Waals surface area contributed by atoms with Crippen LogP contribution in [0.2, 0.25) is 5.28 Å². The average Bonchev–Trinajstić information content (AvgIpc) is 3.09. The van der Waals surface area contributed by atoms with Crippen molar-refractivity contribution in [2.45, 2.75) is 39.0 Å². The normalized spacial score (nSPS) is 10.5. The summed E-state index contributed by atoms with van der Waals surface area (Å²) in [4.78, 5) is 13.2. The molecule has 0 unspecified atom stereocenters. The molecular formula is C39H36ClN3O4. The summed E-state index contributed by atoms with van der Waals surface area (Å²) >= 11 is 6.22. The second-order valence-electron chi connectivity index (χ2n) is 10.8. The van der Waals surface area contributed by atoms with Crippen molar-refractivity contribution in [3.05, 3.63) is 138 Å². The van der Waals surface area contributed by atoms with Gasteiger partial charge in [-0.25, -0.2) is 4.98 Å². The van der Waals surface area contributed by atoms with Crippen LogP contribution in [0.25, 0.3) is 22.8 Å². The molecule has 0 fully saturated rings. The molecule has 47 heavy (non-hydrogen) atoms. The van der Waals surface area contributed by atoms with Crippen LogP contribution in [0.5, 0.6) is 34.5 Å². The van der Waals surface area contributed by atoms with E-state index in [1.54, 1.807) is 12.1 Å². The number of hydrogen-bond acceptors (Lipinski definition) is 7. The summed E-state index contributed by atoms with van der Waals surface area (Å²) in [6, 6.07) is 39.1. The number of phenolic OH excluding ortho intramolecular Hbond substituents is 2. The quantitative estimate of drug-likeness (QED) is 0.135. The van der Waals surface area contributed by atoms with Crippen molar-refractivity contribution in [3.8, 4) is 57.3 Å². The van der Waals surface area contributed by atoms with Crippen molar-refractivity contribution in [2.75, 3.05) is 0 Å². The lowest BCUT2D eigenvalue weighted by Crippen LogP contribution is -1.97. The molecule has 5 aromatic carbocycles. The van der Waals surface area contributed by atoms with Gasteiger partial charge in [-0.2, -0.15) is 9.97 Å². The highest BCUT2D eigenvalue weighted by Gasteiger charge is 2.11. The SMILES string of the molecule is CCCCCCc1ccc(O)cc1O.Clc1nc(-c2ccc(Oc3ccccc3)cc2)nc(-c2ccc(Oc3ccccc3)cc2)n1. The molecular weight excluding hydrogens is 610 g/mol. The van der Waals surface area contributed by atoms with Crippen molar-refractivity contribution in [1.82, 2.24) is 15.0 Å². The number of rotatable bonds is 11. The fourth-order valence-electron chi connectivity index (χ4n) is 4.71. The predicted octanol–water partition coefficient (Wildman–Crippen LogP) is 10.7. The Morgan fingerprint density at radius 2 is 1.04 bits per heavy atom. The first-order valence-electron chi connectivity index (χ1n) is 15.6. The number of nitrogens with zero attached hydrogens (tertiary/aromatic N) is 3. The number of benzene rings is 5. The van der Waals surface area contributed by atoms with Crippen LogP contribution in [0.3, 0.4) is 0 Å². The van der Waals surface area contributed by atoms with Gasteiger partial charge in [-0.3, -0.25) is 0 Å². The number of aromatic hydroxyl groups is 2. The molecule has 0 atom stereocenters. The third kappa shape index (κ3) is 10.0. The van der Waals surface area contributed by atoms with Gasteiger partial charge in [-0.1, -0.05) is 68.7 Å². The van der Waals surface area contributed by atoms with Gasteiger partial charge in [0.1, 0.15) is 34.5 Å². The van der Waals surface area contributed by atoms with Crippen LogP contribution < -0.4 is 9.47 Å². The lowest BCUT2D eigenvalue weighted by molar-refractivity contribution is 0.445. The van der Waals surface area contributed by atoms with Gasteiger partial charge in [0.25, 0.3) is 0 Å². The molecule has 2 N–H and O–H groups in total. The first-order chi connectivity index (χ1) is 23.0. The van der Waals surface area contributed by atoms with E-state index < -0.39 is 0 Å². The molecule has 0 aliphatic carbocycles. The topological polar surface area (TPSA) is 97.6 Å². The molecule has 1 aromatic heterocycles. The molecule has 6 rings (SSSR count). The Kier molecular flexibility index (Phi) is 11.8. The maximum absolute atomic E-state index is 9.49. The van der Waals surface area contributed by atoms with E-state index in [-0.39, 0.29) is 16.8 Å². The van der Waals surface area contributed by atoms with E-state index in [4.69, 9.17) is 26.2 Å². The second kappa shape index (κ2) is 16.8. The number of hydrogen-bond donors (Lipinski definition) is 2. The molecule has 8 heteroatoms. The van der Waals surface area contributed by atoms with Crippen LogP contribution in [-0.2, 0) is 6.42 Å². The van der Waals surface area contributed by atoms with Gasteiger partial charge in [-0.15, -0.1) is 0 Å². The standard InChI is InChI=1S/C27H18ClN3O2.C12H18O2/c28-27-30-25(19-11-15-23(16-12-19)32-21-7-3-1-4-8-21)29-26(31-27)20-13-17-24(18-14-20)33-22-9-5-2-6-10-22;1-2-3-4-5-6-10-7-8-11(13)9-12(10)14/h1-18H;7-9,13-14H,2-6H2,1H3. The van der Waals surface area contributed by atoms with Crippen LogP contribution in [0, 0.1) is 0 Å². The maximum atomic E-state index is 9.49. The van der Waals surface area contributed by atoms with Gasteiger partial charge >= 0.3 is 0 Å². The molecule has 0 radical (unpaired) electrons. The summed E-state index contributed by atoms with van der Waals surface area (Å²) < 4.78 is 11.7. The summed E-state index contributed by atoms with van der Waals surface area (Å²) in [7, 11) is 0. The van der Waals surface area contributed by atoms with Gasteiger partial charge in [-0.05, 0) is 109 Å². The lowest BCUT2D eigenvalue weighted by atomic mass is 10.1. The molecule has 0 saturated heterocycles. The van der Waals surface area contributed by atoms with E-state index in [9.17, 15) is 5.11 Å². The average molecular weight is 646 g/mol. The first kappa shape index (κ1) is 33.0. The number of para-hydroxylation sites is 2. The fraction of sp³-hybridized carbons (Fsp3) is 0.154. The summed E-state index contributed by atoms with van der Waals surface area (Å²) in [6.07, 6.45) is 5.68. The highest BCUT2D eigenvalue weighted by molar-refractivity contribution is 6.28. The zero-order valence-corrected chi connectivity index (χ0v) is 26.8. The molecule has 1 heterocycles. The van der Waals surface area contributed by atoms with Gasteiger partial charge in [0, 0.05) is 17.2 Å². The Morgan fingerprint density at radius 1 is 0.553 bits per heavy atom.